The fourth-order valence-electron chi connectivity index (χ4n) is 3.97. The SMILES string of the molecule is CCCC1CCC2c3cc(OC)c(OC)cc3CCN12. The second-order valence-corrected chi connectivity index (χ2v) is 5.93. The number of hydrogen-bond acceptors (Lipinski definition) is 3. The first-order valence-corrected chi connectivity index (χ1v) is 7.79. The lowest BCUT2D eigenvalue weighted by atomic mass is 9.92. The van der Waals surface area contributed by atoms with Gasteiger partial charge in [-0.15, -0.1) is 0 Å². The van der Waals surface area contributed by atoms with Crippen molar-refractivity contribution in [3.05, 3.63) is 23.3 Å². The predicted molar refractivity (Wildman–Crippen MR) is 80.6 cm³/mol. The van der Waals surface area contributed by atoms with Crippen LogP contribution in [0.4, 0.5) is 0 Å². The zero-order chi connectivity index (χ0) is 14.1. The molecule has 3 heteroatoms. The minimum absolute atomic E-state index is 0.593. The van der Waals surface area contributed by atoms with Crippen LogP contribution in [0, 0.1) is 0 Å². The third-order valence-corrected chi connectivity index (χ3v) is 4.91. The summed E-state index contributed by atoms with van der Waals surface area (Å²) in [5, 5.41) is 0. The van der Waals surface area contributed by atoms with Crippen LogP contribution in [-0.2, 0) is 6.42 Å². The van der Waals surface area contributed by atoms with Crippen LogP contribution in [0.15, 0.2) is 12.1 Å². The summed E-state index contributed by atoms with van der Waals surface area (Å²) in [5.74, 6) is 1.73. The highest BCUT2D eigenvalue weighted by Gasteiger charge is 2.37. The summed E-state index contributed by atoms with van der Waals surface area (Å²) in [6.07, 6.45) is 6.37. The van der Waals surface area contributed by atoms with Gasteiger partial charge in [-0.25, -0.2) is 0 Å². The number of methoxy groups -OCH3 is 2. The Morgan fingerprint density at radius 3 is 2.60 bits per heavy atom. The lowest BCUT2D eigenvalue weighted by Gasteiger charge is -2.36. The highest BCUT2D eigenvalue weighted by Crippen LogP contribution is 2.45. The van der Waals surface area contributed by atoms with E-state index in [0.29, 0.717) is 6.04 Å². The summed E-state index contributed by atoms with van der Waals surface area (Å²) in [4.78, 5) is 2.72. The molecule has 2 unspecified atom stereocenters. The molecule has 0 aliphatic carbocycles. The average Bonchev–Trinajstić information content (AvgIpc) is 2.89. The van der Waals surface area contributed by atoms with Crippen molar-refractivity contribution in [1.29, 1.82) is 0 Å². The molecule has 3 rings (SSSR count). The first-order valence-electron chi connectivity index (χ1n) is 7.79. The number of nitrogens with zero attached hydrogens (tertiary/aromatic N) is 1. The maximum atomic E-state index is 5.48. The molecular formula is C17H25NO2. The van der Waals surface area contributed by atoms with Crippen molar-refractivity contribution in [2.45, 2.75) is 51.1 Å². The van der Waals surface area contributed by atoms with Crippen LogP contribution >= 0.6 is 0 Å². The van der Waals surface area contributed by atoms with Gasteiger partial charge in [0.1, 0.15) is 0 Å². The van der Waals surface area contributed by atoms with Gasteiger partial charge in [-0.2, -0.15) is 0 Å². The molecule has 0 bridgehead atoms. The second kappa shape index (κ2) is 5.65. The molecular weight excluding hydrogens is 250 g/mol. The summed E-state index contributed by atoms with van der Waals surface area (Å²) in [7, 11) is 3.44. The molecule has 0 N–H and O–H groups in total. The Hall–Kier alpha value is -1.22. The van der Waals surface area contributed by atoms with E-state index < -0.39 is 0 Å². The molecule has 2 heterocycles. The van der Waals surface area contributed by atoms with Crippen LogP contribution in [0.2, 0.25) is 0 Å². The number of ether oxygens (including phenoxy) is 2. The molecule has 2 aliphatic rings. The van der Waals surface area contributed by atoms with E-state index in [-0.39, 0.29) is 0 Å². The van der Waals surface area contributed by atoms with Crippen molar-refractivity contribution < 1.29 is 9.47 Å². The van der Waals surface area contributed by atoms with Crippen molar-refractivity contribution in [3.8, 4) is 11.5 Å². The van der Waals surface area contributed by atoms with Gasteiger partial charge in [0.15, 0.2) is 11.5 Å². The van der Waals surface area contributed by atoms with E-state index in [1.54, 1.807) is 14.2 Å². The average molecular weight is 275 g/mol. The molecule has 0 saturated carbocycles. The van der Waals surface area contributed by atoms with E-state index in [9.17, 15) is 0 Å². The molecule has 20 heavy (non-hydrogen) atoms. The number of hydrogen-bond donors (Lipinski definition) is 0. The van der Waals surface area contributed by atoms with Crippen molar-refractivity contribution >= 4 is 0 Å². The molecule has 3 nitrogen and oxygen atoms in total. The Morgan fingerprint density at radius 1 is 1.15 bits per heavy atom. The van der Waals surface area contributed by atoms with Crippen molar-refractivity contribution in [2.75, 3.05) is 20.8 Å². The largest absolute Gasteiger partial charge is 0.493 e. The van der Waals surface area contributed by atoms with Gasteiger partial charge in [-0.3, -0.25) is 4.90 Å². The maximum absolute atomic E-state index is 5.48. The van der Waals surface area contributed by atoms with E-state index in [0.717, 1.165) is 24.0 Å². The third-order valence-electron chi connectivity index (χ3n) is 4.91. The van der Waals surface area contributed by atoms with Crippen LogP contribution in [0.1, 0.15) is 49.8 Å². The van der Waals surface area contributed by atoms with E-state index >= 15 is 0 Å². The Balaban J connectivity index is 1.93. The van der Waals surface area contributed by atoms with Crippen molar-refractivity contribution in [1.82, 2.24) is 4.90 Å². The molecule has 1 saturated heterocycles. The lowest BCUT2D eigenvalue weighted by Crippen LogP contribution is -2.37. The van der Waals surface area contributed by atoms with Crippen LogP contribution in [0.5, 0.6) is 11.5 Å². The Morgan fingerprint density at radius 2 is 1.90 bits per heavy atom. The normalized spacial score (nSPS) is 25.1. The van der Waals surface area contributed by atoms with Crippen LogP contribution in [0.3, 0.4) is 0 Å². The highest BCUT2D eigenvalue weighted by molar-refractivity contribution is 5.49. The highest BCUT2D eigenvalue weighted by atomic mass is 16.5. The molecule has 1 fully saturated rings. The molecule has 1 aromatic carbocycles. The fourth-order valence-corrected chi connectivity index (χ4v) is 3.97. The van der Waals surface area contributed by atoms with Crippen LogP contribution in [-0.4, -0.2) is 31.7 Å². The standard InChI is InChI=1S/C17H25NO2/c1-4-5-13-6-7-15-14-11-17(20-3)16(19-2)10-12(14)8-9-18(13)15/h10-11,13,15H,4-9H2,1-3H3. The Kier molecular flexibility index (Phi) is 3.88. The van der Waals surface area contributed by atoms with Gasteiger partial charge in [-0.05, 0) is 48.9 Å². The number of benzene rings is 1. The summed E-state index contributed by atoms with van der Waals surface area (Å²) >= 11 is 0. The van der Waals surface area contributed by atoms with Crippen LogP contribution in [0.25, 0.3) is 0 Å². The Bertz CT molecular complexity index is 486. The summed E-state index contributed by atoms with van der Waals surface area (Å²) < 4.78 is 10.9. The van der Waals surface area contributed by atoms with Gasteiger partial charge < -0.3 is 9.47 Å². The summed E-state index contributed by atoms with van der Waals surface area (Å²) in [6.45, 7) is 3.48. The van der Waals surface area contributed by atoms with Gasteiger partial charge >= 0.3 is 0 Å². The molecule has 1 aromatic rings. The molecule has 0 spiro atoms. The van der Waals surface area contributed by atoms with E-state index in [1.807, 2.05) is 0 Å². The van der Waals surface area contributed by atoms with Crippen LogP contribution < -0.4 is 9.47 Å². The topological polar surface area (TPSA) is 21.7 Å². The molecule has 110 valence electrons. The number of rotatable bonds is 4. The van der Waals surface area contributed by atoms with Gasteiger partial charge in [0.25, 0.3) is 0 Å². The van der Waals surface area contributed by atoms with Crippen molar-refractivity contribution in [2.24, 2.45) is 0 Å². The third kappa shape index (κ3) is 2.18. The van der Waals surface area contributed by atoms with E-state index in [2.05, 4.69) is 24.0 Å². The molecule has 0 aromatic heterocycles. The zero-order valence-corrected chi connectivity index (χ0v) is 12.8. The van der Waals surface area contributed by atoms with Crippen molar-refractivity contribution in [3.63, 3.8) is 0 Å². The molecule has 2 atom stereocenters. The van der Waals surface area contributed by atoms with Gasteiger partial charge in [-0.1, -0.05) is 13.3 Å². The molecule has 2 aliphatic heterocycles. The fraction of sp³-hybridized carbons (Fsp3) is 0.647. The first-order chi connectivity index (χ1) is 9.78. The van der Waals surface area contributed by atoms with Gasteiger partial charge in [0.2, 0.25) is 0 Å². The Labute approximate surface area is 121 Å². The van der Waals surface area contributed by atoms with Gasteiger partial charge in [0.05, 0.1) is 14.2 Å². The molecule has 0 amide bonds. The predicted octanol–water partition coefficient (Wildman–Crippen LogP) is 3.57. The first kappa shape index (κ1) is 13.7. The summed E-state index contributed by atoms with van der Waals surface area (Å²) in [6, 6.07) is 5.76. The van der Waals surface area contributed by atoms with Gasteiger partial charge in [0, 0.05) is 18.6 Å². The monoisotopic (exact) mass is 275 g/mol. The quantitative estimate of drug-likeness (QED) is 0.838. The minimum atomic E-state index is 0.593. The molecule has 0 radical (unpaired) electrons. The summed E-state index contributed by atoms with van der Waals surface area (Å²) in [5.41, 5.74) is 2.91. The van der Waals surface area contributed by atoms with E-state index in [4.69, 9.17) is 9.47 Å². The lowest BCUT2D eigenvalue weighted by molar-refractivity contribution is 0.174. The maximum Gasteiger partial charge on any atom is 0.161 e. The van der Waals surface area contributed by atoms with E-state index in [1.165, 1.54) is 43.4 Å². The zero-order valence-electron chi connectivity index (χ0n) is 12.8. The number of fused-ring (bicyclic) bond motifs is 3. The smallest absolute Gasteiger partial charge is 0.161 e. The second-order valence-electron chi connectivity index (χ2n) is 5.93. The minimum Gasteiger partial charge on any atom is -0.493 e.